The second-order valence-electron chi connectivity index (χ2n) is 4.67. The largest absolute Gasteiger partial charge is 0.490 e. The molecule has 1 aliphatic rings. The van der Waals surface area contributed by atoms with Crippen molar-refractivity contribution in [2.45, 2.75) is 6.92 Å². The molecule has 0 aliphatic carbocycles. The molecule has 5 heteroatoms. The molecule has 0 saturated heterocycles. The van der Waals surface area contributed by atoms with Crippen molar-refractivity contribution in [3.63, 3.8) is 0 Å². The van der Waals surface area contributed by atoms with Gasteiger partial charge in [-0.15, -0.1) is 0 Å². The maximum absolute atomic E-state index is 12.5. The molecular formula is C15H14N2O3. The number of aromatic nitrogens is 1. The van der Waals surface area contributed by atoms with Gasteiger partial charge in [-0.25, -0.2) is 0 Å². The highest BCUT2D eigenvalue weighted by molar-refractivity contribution is 6.06. The summed E-state index contributed by atoms with van der Waals surface area (Å²) >= 11 is 0. The van der Waals surface area contributed by atoms with Gasteiger partial charge in [0.25, 0.3) is 5.91 Å². The number of para-hydroxylation sites is 2. The van der Waals surface area contributed by atoms with Crippen molar-refractivity contribution in [1.82, 2.24) is 4.98 Å². The average molecular weight is 270 g/mol. The SMILES string of the molecule is Cc1cc(=O)c(C(=O)N2CCOc3ccccc32)c[nH]1. The van der Waals surface area contributed by atoms with E-state index in [2.05, 4.69) is 4.98 Å². The zero-order chi connectivity index (χ0) is 14.1. The van der Waals surface area contributed by atoms with Crippen LogP contribution in [0.5, 0.6) is 5.75 Å². The van der Waals surface area contributed by atoms with Gasteiger partial charge in [0.05, 0.1) is 12.2 Å². The molecule has 0 saturated carbocycles. The number of anilines is 1. The summed E-state index contributed by atoms with van der Waals surface area (Å²) in [7, 11) is 0. The summed E-state index contributed by atoms with van der Waals surface area (Å²) in [5.74, 6) is 0.359. The summed E-state index contributed by atoms with van der Waals surface area (Å²) in [5.41, 5.74) is 1.31. The summed E-state index contributed by atoms with van der Waals surface area (Å²) in [6, 6.07) is 8.75. The van der Waals surface area contributed by atoms with Gasteiger partial charge in [0, 0.05) is 18.0 Å². The number of rotatable bonds is 1. The van der Waals surface area contributed by atoms with Crippen LogP contribution in [0.3, 0.4) is 0 Å². The number of carbonyl (C=O) groups excluding carboxylic acids is 1. The topological polar surface area (TPSA) is 62.4 Å². The first-order valence-electron chi connectivity index (χ1n) is 6.40. The van der Waals surface area contributed by atoms with Crippen LogP contribution in [-0.2, 0) is 0 Å². The van der Waals surface area contributed by atoms with Crippen molar-refractivity contribution >= 4 is 11.6 Å². The Morgan fingerprint density at radius 3 is 2.95 bits per heavy atom. The second-order valence-corrected chi connectivity index (χ2v) is 4.67. The van der Waals surface area contributed by atoms with Gasteiger partial charge in [-0.3, -0.25) is 9.59 Å². The number of benzene rings is 1. The van der Waals surface area contributed by atoms with Crippen LogP contribution in [0, 0.1) is 6.92 Å². The number of hydrogen-bond acceptors (Lipinski definition) is 3. The van der Waals surface area contributed by atoms with E-state index in [1.165, 1.54) is 12.3 Å². The number of fused-ring (bicyclic) bond motifs is 1. The third kappa shape index (κ3) is 2.07. The Bertz CT molecular complexity index is 721. The Morgan fingerprint density at radius 2 is 2.15 bits per heavy atom. The number of ether oxygens (including phenoxy) is 1. The van der Waals surface area contributed by atoms with E-state index in [0.29, 0.717) is 24.6 Å². The summed E-state index contributed by atoms with van der Waals surface area (Å²) in [6.45, 7) is 2.63. The van der Waals surface area contributed by atoms with E-state index in [9.17, 15) is 9.59 Å². The van der Waals surface area contributed by atoms with Gasteiger partial charge in [-0.2, -0.15) is 0 Å². The van der Waals surface area contributed by atoms with Crippen LogP contribution in [-0.4, -0.2) is 24.0 Å². The van der Waals surface area contributed by atoms with Crippen LogP contribution in [0.2, 0.25) is 0 Å². The number of pyridine rings is 1. The molecule has 1 N–H and O–H groups in total. The Kier molecular flexibility index (Phi) is 3.02. The zero-order valence-electron chi connectivity index (χ0n) is 11.1. The molecule has 5 nitrogen and oxygen atoms in total. The number of carbonyl (C=O) groups is 1. The summed E-state index contributed by atoms with van der Waals surface area (Å²) in [4.78, 5) is 29.0. The van der Waals surface area contributed by atoms with Crippen molar-refractivity contribution < 1.29 is 9.53 Å². The monoisotopic (exact) mass is 270 g/mol. The van der Waals surface area contributed by atoms with Crippen LogP contribution in [0.1, 0.15) is 16.1 Å². The van der Waals surface area contributed by atoms with E-state index in [-0.39, 0.29) is 16.9 Å². The molecule has 0 radical (unpaired) electrons. The van der Waals surface area contributed by atoms with Gasteiger partial charge in [-0.1, -0.05) is 12.1 Å². The van der Waals surface area contributed by atoms with Crippen molar-refractivity contribution in [1.29, 1.82) is 0 Å². The number of amides is 1. The lowest BCUT2D eigenvalue weighted by Gasteiger charge is -2.29. The predicted octanol–water partition coefficient (Wildman–Crippen LogP) is 1.72. The van der Waals surface area contributed by atoms with E-state index in [0.717, 1.165) is 5.69 Å². The minimum absolute atomic E-state index is 0.146. The van der Waals surface area contributed by atoms with Gasteiger partial charge in [0.1, 0.15) is 17.9 Å². The molecular weight excluding hydrogens is 256 g/mol. The Balaban J connectivity index is 2.02. The van der Waals surface area contributed by atoms with E-state index < -0.39 is 0 Å². The molecule has 0 spiro atoms. The molecule has 0 unspecified atom stereocenters. The molecule has 102 valence electrons. The molecule has 2 aromatic rings. The lowest BCUT2D eigenvalue weighted by molar-refractivity contribution is 0.0975. The molecule has 1 amide bonds. The number of aryl methyl sites for hydroxylation is 1. The molecule has 1 aliphatic heterocycles. The standard InChI is InChI=1S/C15H14N2O3/c1-10-8-13(18)11(9-16-10)15(19)17-6-7-20-14-5-3-2-4-12(14)17/h2-5,8-9H,6-7H2,1H3,(H,16,18). The second kappa shape index (κ2) is 4.85. The molecule has 0 atom stereocenters. The van der Waals surface area contributed by atoms with Crippen LogP contribution < -0.4 is 15.1 Å². The maximum atomic E-state index is 12.5. The molecule has 0 bridgehead atoms. The number of nitrogens with one attached hydrogen (secondary N) is 1. The van der Waals surface area contributed by atoms with Gasteiger partial charge in [0.2, 0.25) is 0 Å². The van der Waals surface area contributed by atoms with Crippen LogP contribution in [0.15, 0.2) is 41.3 Å². The number of nitrogens with zero attached hydrogens (tertiary/aromatic N) is 1. The van der Waals surface area contributed by atoms with Gasteiger partial charge in [-0.05, 0) is 19.1 Å². The number of H-pyrrole nitrogens is 1. The third-order valence-corrected chi connectivity index (χ3v) is 3.26. The zero-order valence-corrected chi connectivity index (χ0v) is 11.1. The Morgan fingerprint density at radius 1 is 1.35 bits per heavy atom. The highest BCUT2D eigenvalue weighted by Gasteiger charge is 2.25. The highest BCUT2D eigenvalue weighted by atomic mass is 16.5. The lowest BCUT2D eigenvalue weighted by atomic mass is 10.1. The molecule has 1 aromatic carbocycles. The van der Waals surface area contributed by atoms with Crippen molar-refractivity contribution in [3.8, 4) is 5.75 Å². The fourth-order valence-electron chi connectivity index (χ4n) is 2.27. The molecule has 1 aromatic heterocycles. The van der Waals surface area contributed by atoms with Crippen LogP contribution in [0.25, 0.3) is 0 Å². The van der Waals surface area contributed by atoms with Crippen molar-refractivity contribution in [3.05, 3.63) is 58.0 Å². The van der Waals surface area contributed by atoms with E-state index >= 15 is 0 Å². The highest BCUT2D eigenvalue weighted by Crippen LogP contribution is 2.31. The molecule has 3 rings (SSSR count). The number of hydrogen-bond donors (Lipinski definition) is 1. The smallest absolute Gasteiger partial charge is 0.263 e. The van der Waals surface area contributed by atoms with E-state index in [4.69, 9.17) is 4.74 Å². The van der Waals surface area contributed by atoms with E-state index in [1.54, 1.807) is 11.8 Å². The Hall–Kier alpha value is -2.56. The minimum Gasteiger partial charge on any atom is -0.490 e. The summed E-state index contributed by atoms with van der Waals surface area (Å²) in [6.07, 6.45) is 1.47. The normalized spacial score (nSPS) is 13.6. The average Bonchev–Trinajstić information content (AvgIpc) is 2.46. The van der Waals surface area contributed by atoms with Gasteiger partial charge >= 0.3 is 0 Å². The first-order valence-corrected chi connectivity index (χ1v) is 6.40. The summed E-state index contributed by atoms with van der Waals surface area (Å²) < 4.78 is 5.51. The third-order valence-electron chi connectivity index (χ3n) is 3.26. The first-order chi connectivity index (χ1) is 9.66. The summed E-state index contributed by atoms with van der Waals surface area (Å²) in [5, 5.41) is 0. The van der Waals surface area contributed by atoms with Crippen LogP contribution in [0.4, 0.5) is 5.69 Å². The quantitative estimate of drug-likeness (QED) is 0.858. The van der Waals surface area contributed by atoms with Crippen LogP contribution >= 0.6 is 0 Å². The van der Waals surface area contributed by atoms with Crippen molar-refractivity contribution in [2.24, 2.45) is 0 Å². The molecule has 0 fully saturated rings. The lowest BCUT2D eigenvalue weighted by Crippen LogP contribution is -2.40. The molecule has 2 heterocycles. The molecule has 20 heavy (non-hydrogen) atoms. The maximum Gasteiger partial charge on any atom is 0.263 e. The van der Waals surface area contributed by atoms with Gasteiger partial charge in [0.15, 0.2) is 5.43 Å². The van der Waals surface area contributed by atoms with Crippen molar-refractivity contribution in [2.75, 3.05) is 18.1 Å². The minimum atomic E-state index is -0.304. The fourth-order valence-corrected chi connectivity index (χ4v) is 2.27. The van der Waals surface area contributed by atoms with E-state index in [1.807, 2.05) is 24.3 Å². The Labute approximate surface area is 115 Å². The fraction of sp³-hybridized carbons (Fsp3) is 0.200. The number of aromatic amines is 1. The van der Waals surface area contributed by atoms with Gasteiger partial charge < -0.3 is 14.6 Å². The predicted molar refractivity (Wildman–Crippen MR) is 75.4 cm³/mol. The first kappa shape index (κ1) is 12.5.